The first-order valence-electron chi connectivity index (χ1n) is 2.59. The average molecular weight is 94.1 g/mol. The summed E-state index contributed by atoms with van der Waals surface area (Å²) in [4.78, 5) is 3.84. The maximum absolute atomic E-state index is 3.84. The van der Waals surface area contributed by atoms with E-state index >= 15 is 0 Å². The Hall–Kier alpha value is -0.590. The van der Waals surface area contributed by atoms with Gasteiger partial charge in [0, 0.05) is 6.21 Å². The van der Waals surface area contributed by atoms with E-state index in [4.69, 9.17) is 0 Å². The summed E-state index contributed by atoms with van der Waals surface area (Å²) in [5, 5.41) is 0. The summed E-state index contributed by atoms with van der Waals surface area (Å²) < 4.78 is 0. The van der Waals surface area contributed by atoms with Crippen molar-refractivity contribution in [3.63, 3.8) is 0 Å². The van der Waals surface area contributed by atoms with Crippen LogP contribution in [0.2, 0.25) is 0 Å². The van der Waals surface area contributed by atoms with Gasteiger partial charge in [-0.2, -0.15) is 0 Å². The van der Waals surface area contributed by atoms with Gasteiger partial charge in [0.15, 0.2) is 0 Å². The summed E-state index contributed by atoms with van der Waals surface area (Å²) in [6.45, 7) is 0. The largest absolute Gasteiger partial charge is 0.259 e. The number of hydrogen-bond acceptors (Lipinski definition) is 1. The predicted octanol–water partition coefficient (Wildman–Crippen LogP) is 1.56. The third-order valence-corrected chi connectivity index (χ3v) is 0.939. The van der Waals surface area contributed by atoms with E-state index in [0.29, 0.717) is 0 Å². The number of hydrogen-bond donors (Lipinski definition) is 0. The Morgan fingerprint density at radius 1 is 1.43 bits per heavy atom. The zero-order chi connectivity index (χ0) is 4.95. The Morgan fingerprint density at radius 2 is 2.43 bits per heavy atom. The monoisotopic (exact) mass is 94.1 g/mol. The Labute approximate surface area is 43.8 Å². The summed E-state index contributed by atoms with van der Waals surface area (Å²) >= 11 is 0. The molecular weight excluding hydrogens is 86.1 g/mol. The van der Waals surface area contributed by atoms with Gasteiger partial charge >= 0.3 is 0 Å². The lowest BCUT2D eigenvalue weighted by molar-refractivity contribution is 0.911. The van der Waals surface area contributed by atoms with E-state index in [-0.39, 0.29) is 0 Å². The van der Waals surface area contributed by atoms with Crippen molar-refractivity contribution in [3.05, 3.63) is 12.3 Å². The highest BCUT2D eigenvalue weighted by Gasteiger charge is 1.83. The highest BCUT2D eigenvalue weighted by atomic mass is 14.7. The van der Waals surface area contributed by atoms with Gasteiger partial charge in [-0.15, -0.1) is 0 Å². The van der Waals surface area contributed by atoms with E-state index in [0.717, 1.165) is 12.8 Å². The zero-order valence-corrected chi connectivity index (χ0v) is 4.22. The van der Waals surface area contributed by atoms with Gasteiger partial charge in [0.1, 0.15) is 0 Å². The highest BCUT2D eigenvalue weighted by molar-refractivity contribution is 5.57. The second kappa shape index (κ2) is 2.56. The Bertz CT molecular complexity index is 80.4. The van der Waals surface area contributed by atoms with Crippen LogP contribution in [0.5, 0.6) is 0 Å². The van der Waals surface area contributed by atoms with Crippen molar-refractivity contribution >= 4 is 6.21 Å². The molecule has 1 aliphatic heterocycles. The fourth-order valence-corrected chi connectivity index (χ4v) is 0.546. The SMILES string of the molecule is [C]1=CCCCC=N1. The quantitative estimate of drug-likeness (QED) is 0.432. The number of allylic oxidation sites excluding steroid dienone is 1. The van der Waals surface area contributed by atoms with Gasteiger partial charge in [0.25, 0.3) is 0 Å². The maximum Gasteiger partial charge on any atom is 0.0838 e. The van der Waals surface area contributed by atoms with Gasteiger partial charge in [0.05, 0.1) is 6.20 Å². The molecule has 0 spiro atoms. The van der Waals surface area contributed by atoms with E-state index in [1.807, 2.05) is 12.3 Å². The van der Waals surface area contributed by atoms with Crippen molar-refractivity contribution in [2.45, 2.75) is 19.3 Å². The molecule has 1 rings (SSSR count). The van der Waals surface area contributed by atoms with Gasteiger partial charge < -0.3 is 0 Å². The molecule has 0 fully saturated rings. The summed E-state index contributed by atoms with van der Waals surface area (Å²) in [7, 11) is 0. The third-order valence-electron chi connectivity index (χ3n) is 0.939. The molecule has 0 N–H and O–H groups in total. The van der Waals surface area contributed by atoms with Crippen molar-refractivity contribution in [1.29, 1.82) is 0 Å². The molecule has 1 heteroatoms. The molecule has 1 nitrogen and oxygen atoms in total. The van der Waals surface area contributed by atoms with Crippen LogP contribution in [0.1, 0.15) is 19.3 Å². The molecule has 37 valence electrons. The van der Waals surface area contributed by atoms with Crippen LogP contribution in [-0.4, -0.2) is 6.21 Å². The second-order valence-electron chi connectivity index (χ2n) is 1.58. The minimum atomic E-state index is 1.11. The molecule has 0 saturated carbocycles. The number of nitrogens with zero attached hydrogens (tertiary/aromatic N) is 1. The molecule has 1 heterocycles. The number of aliphatic imine (C=N–C) groups is 1. The van der Waals surface area contributed by atoms with Crippen LogP contribution < -0.4 is 0 Å². The average Bonchev–Trinajstić information content (AvgIpc) is 1.90. The lowest BCUT2D eigenvalue weighted by atomic mass is 10.3. The van der Waals surface area contributed by atoms with Crippen molar-refractivity contribution in [2.75, 3.05) is 0 Å². The first kappa shape index (κ1) is 4.57. The predicted molar refractivity (Wildman–Crippen MR) is 30.2 cm³/mol. The summed E-state index contributed by atoms with van der Waals surface area (Å²) in [5.74, 6) is 0. The molecule has 0 saturated heterocycles. The van der Waals surface area contributed by atoms with Crippen molar-refractivity contribution in [1.82, 2.24) is 0 Å². The molecule has 0 bridgehead atoms. The lowest BCUT2D eigenvalue weighted by Gasteiger charge is -1.80. The molecule has 7 heavy (non-hydrogen) atoms. The van der Waals surface area contributed by atoms with Gasteiger partial charge in [-0.05, 0) is 19.3 Å². The van der Waals surface area contributed by atoms with Crippen LogP contribution in [0.4, 0.5) is 0 Å². The van der Waals surface area contributed by atoms with Crippen LogP contribution in [0.15, 0.2) is 11.1 Å². The molecule has 0 aromatic rings. The third kappa shape index (κ3) is 1.53. The molecule has 1 aliphatic rings. The van der Waals surface area contributed by atoms with Crippen LogP contribution in [-0.2, 0) is 0 Å². The summed E-state index contributed by atoms with van der Waals surface area (Å²) in [5.41, 5.74) is 0. The molecule has 0 amide bonds. The van der Waals surface area contributed by atoms with Gasteiger partial charge in [-0.1, -0.05) is 6.08 Å². The molecule has 0 aromatic heterocycles. The van der Waals surface area contributed by atoms with Crippen molar-refractivity contribution in [3.8, 4) is 0 Å². The van der Waals surface area contributed by atoms with Gasteiger partial charge in [-0.3, -0.25) is 4.99 Å². The van der Waals surface area contributed by atoms with E-state index in [9.17, 15) is 0 Å². The Balaban J connectivity index is 2.39. The van der Waals surface area contributed by atoms with E-state index < -0.39 is 0 Å². The minimum absolute atomic E-state index is 1.11. The fourth-order valence-electron chi connectivity index (χ4n) is 0.546. The summed E-state index contributed by atoms with van der Waals surface area (Å²) in [6, 6.07) is 0. The van der Waals surface area contributed by atoms with E-state index in [1.54, 1.807) is 0 Å². The van der Waals surface area contributed by atoms with Crippen LogP contribution in [0.25, 0.3) is 0 Å². The van der Waals surface area contributed by atoms with Crippen molar-refractivity contribution in [2.24, 2.45) is 4.99 Å². The molecular formula is C6H8N. The summed E-state index contributed by atoms with van der Waals surface area (Å²) in [6.07, 6.45) is 10.2. The maximum atomic E-state index is 3.84. The molecule has 0 atom stereocenters. The minimum Gasteiger partial charge on any atom is -0.259 e. The second-order valence-corrected chi connectivity index (χ2v) is 1.58. The normalized spacial score (nSPS) is 19.4. The first-order chi connectivity index (χ1) is 3.50. The number of rotatable bonds is 0. The molecule has 0 unspecified atom stereocenters. The van der Waals surface area contributed by atoms with E-state index in [2.05, 4.69) is 11.2 Å². The standard InChI is InChI=1S/C6H8N/c1-2-4-6-7-5-3-1/h3,6H,1-2,4H2. The smallest absolute Gasteiger partial charge is 0.0838 e. The zero-order valence-electron chi connectivity index (χ0n) is 4.22. The first-order valence-corrected chi connectivity index (χ1v) is 2.59. The van der Waals surface area contributed by atoms with Crippen molar-refractivity contribution < 1.29 is 0 Å². The van der Waals surface area contributed by atoms with Crippen LogP contribution >= 0.6 is 0 Å². The fraction of sp³-hybridized carbons (Fsp3) is 0.500. The van der Waals surface area contributed by atoms with Gasteiger partial charge in [0.2, 0.25) is 0 Å². The Morgan fingerprint density at radius 3 is 3.43 bits per heavy atom. The highest BCUT2D eigenvalue weighted by Crippen LogP contribution is 1.97. The molecule has 0 aromatic carbocycles. The van der Waals surface area contributed by atoms with Gasteiger partial charge in [-0.25, -0.2) is 0 Å². The van der Waals surface area contributed by atoms with Crippen LogP contribution in [0.3, 0.4) is 0 Å². The van der Waals surface area contributed by atoms with Crippen LogP contribution in [0, 0.1) is 6.20 Å². The van der Waals surface area contributed by atoms with E-state index in [1.165, 1.54) is 6.42 Å². The lowest BCUT2D eigenvalue weighted by Crippen LogP contribution is -1.69. The topological polar surface area (TPSA) is 12.4 Å². The molecule has 0 aliphatic carbocycles. The molecule has 1 radical (unpaired) electrons. The Kier molecular flexibility index (Phi) is 1.67.